The van der Waals surface area contributed by atoms with E-state index in [-0.39, 0.29) is 104 Å². The molecule has 8 rings (SSSR count). The molecule has 2 aliphatic heterocycles. The smallest absolute Gasteiger partial charge is 0.189 e. The fourth-order valence-corrected chi connectivity index (χ4v) is 13.9. The van der Waals surface area contributed by atoms with Crippen molar-refractivity contribution in [1.29, 1.82) is 0 Å². The fraction of sp³-hybridized carbons (Fsp3) is 0.462. The number of benzene rings is 4. The number of ketones is 3. The topological polar surface area (TPSA) is 203 Å². The number of phenols is 2. The summed E-state index contributed by atoms with van der Waals surface area (Å²) in [4.78, 5) is 54.0. The van der Waals surface area contributed by atoms with Crippen LogP contribution < -0.4 is 10.6 Å². The van der Waals surface area contributed by atoms with Crippen LogP contribution in [0.4, 0.5) is 8.78 Å². The largest absolute Gasteiger partial charge is 0.508 e. The number of carbonyl (C=O) groups excluding carboxylic acids is 3. The van der Waals surface area contributed by atoms with E-state index in [4.69, 9.17) is 0 Å². The third kappa shape index (κ3) is 11.3. The van der Waals surface area contributed by atoms with Crippen molar-refractivity contribution in [2.45, 2.75) is 116 Å². The first kappa shape index (κ1) is 59.8. The molecule has 6 atom stereocenters. The lowest BCUT2D eigenvalue weighted by Crippen LogP contribution is -2.60. The molecule has 4 aliphatic rings. The summed E-state index contributed by atoms with van der Waals surface area (Å²) in [6.45, 7) is 11.4. The van der Waals surface area contributed by atoms with E-state index >= 15 is 23.2 Å². The molecule has 0 radical (unpaired) electrons. The van der Waals surface area contributed by atoms with Crippen LogP contribution >= 0.6 is 0 Å². The van der Waals surface area contributed by atoms with Gasteiger partial charge in [-0.1, -0.05) is 48.5 Å². The Bertz CT molecular complexity index is 2980. The lowest BCUT2D eigenvalue weighted by molar-refractivity contribution is -0.141. The Kier molecular flexibility index (Phi) is 17.4. The zero-order valence-corrected chi connectivity index (χ0v) is 47.9. The van der Waals surface area contributed by atoms with Gasteiger partial charge in [0, 0.05) is 58.6 Å². The zero-order chi connectivity index (χ0) is 58.4. The summed E-state index contributed by atoms with van der Waals surface area (Å²) in [5, 5.41) is 81.7. The molecule has 8 N–H and O–H groups in total. The van der Waals surface area contributed by atoms with Crippen LogP contribution in [0.2, 0.25) is 0 Å². The molecule has 2 heterocycles. The molecule has 4 aromatic carbocycles. The number of aromatic hydroxyl groups is 2. The van der Waals surface area contributed by atoms with Gasteiger partial charge in [-0.05, 0) is 216 Å². The van der Waals surface area contributed by atoms with Crippen molar-refractivity contribution in [2.24, 2.45) is 22.7 Å². The number of piperidine rings is 2. The van der Waals surface area contributed by atoms with Crippen molar-refractivity contribution in [2.75, 3.05) is 54.4 Å². The Hall–Kier alpha value is -6.33. The summed E-state index contributed by atoms with van der Waals surface area (Å²) in [5.41, 5.74) is -6.31. The number of carbonyl (C=O) groups is 3. The van der Waals surface area contributed by atoms with Gasteiger partial charge < -0.3 is 51.1 Å². The van der Waals surface area contributed by atoms with Gasteiger partial charge in [0.1, 0.15) is 34.7 Å². The Morgan fingerprint density at radius 1 is 0.600 bits per heavy atom. The normalized spacial score (nSPS) is 23.2. The summed E-state index contributed by atoms with van der Waals surface area (Å²) >= 11 is 0. The lowest BCUT2D eigenvalue weighted by atomic mass is 9.49. The highest BCUT2D eigenvalue weighted by Gasteiger charge is 2.63. The quantitative estimate of drug-likeness (QED) is 0.0438. The molecular weight excluding hydrogens is 1020 g/mol. The average Bonchev–Trinajstić information content (AvgIpc) is 3.60. The Morgan fingerprint density at radius 3 is 1.27 bits per heavy atom. The third-order valence-electron chi connectivity index (χ3n) is 17.7. The Labute approximate surface area is 469 Å². The van der Waals surface area contributed by atoms with E-state index < -0.39 is 99.3 Å². The van der Waals surface area contributed by atoms with Crippen molar-refractivity contribution in [3.05, 3.63) is 164 Å². The van der Waals surface area contributed by atoms with Crippen LogP contribution in [0.25, 0.3) is 11.1 Å². The van der Waals surface area contributed by atoms with Crippen molar-refractivity contribution < 1.29 is 53.8 Å². The first-order valence-corrected chi connectivity index (χ1v) is 27.9. The maximum absolute atomic E-state index is 18.6. The predicted molar refractivity (Wildman–Crippen MR) is 307 cm³/mol. The van der Waals surface area contributed by atoms with Gasteiger partial charge >= 0.3 is 0 Å². The summed E-state index contributed by atoms with van der Waals surface area (Å²) in [5.74, 6) is -5.75. The van der Waals surface area contributed by atoms with Crippen molar-refractivity contribution in [3.8, 4) is 11.5 Å². The average molecular weight is 1100 g/mol. The van der Waals surface area contributed by atoms with Crippen LogP contribution in [0.15, 0.2) is 119 Å². The van der Waals surface area contributed by atoms with Gasteiger partial charge in [0.05, 0.1) is 22.0 Å². The number of Topliss-reactive ketones (excluding diaryl/α,β-unsaturated/α-hetero) is 3. The Morgan fingerprint density at radius 2 is 0.963 bits per heavy atom. The lowest BCUT2D eigenvalue weighted by Gasteiger charge is -2.55. The van der Waals surface area contributed by atoms with E-state index in [1.54, 1.807) is 91.7 Å². The number of halogens is 2. The second-order valence-electron chi connectivity index (χ2n) is 24.4. The summed E-state index contributed by atoms with van der Waals surface area (Å²) in [7, 11) is 7.08. The second-order valence-corrected chi connectivity index (χ2v) is 24.4. The molecule has 428 valence electrons. The van der Waals surface area contributed by atoms with Gasteiger partial charge in [-0.3, -0.25) is 14.4 Å². The number of likely N-dealkylation sites (N-methyl/N-ethyl adjacent to an activating group) is 2. The number of hydrogen-bond acceptors (Lipinski definition) is 13. The predicted octanol–water partition coefficient (Wildman–Crippen LogP) is 10.1. The van der Waals surface area contributed by atoms with E-state index in [1.807, 2.05) is 0 Å². The number of rotatable bonds is 18. The summed E-state index contributed by atoms with van der Waals surface area (Å²) < 4.78 is 32.2. The molecule has 2 aliphatic carbocycles. The molecule has 0 bridgehead atoms. The van der Waals surface area contributed by atoms with Crippen molar-refractivity contribution >= 4 is 28.5 Å². The molecule has 0 saturated carbocycles. The van der Waals surface area contributed by atoms with Crippen molar-refractivity contribution in [1.82, 2.24) is 20.4 Å². The van der Waals surface area contributed by atoms with E-state index in [1.165, 1.54) is 72.8 Å². The van der Waals surface area contributed by atoms with Crippen LogP contribution in [0.1, 0.15) is 122 Å². The minimum Gasteiger partial charge on any atom is -0.508 e. The van der Waals surface area contributed by atoms with Crippen LogP contribution in [0.5, 0.6) is 11.5 Å². The van der Waals surface area contributed by atoms with E-state index in [2.05, 4.69) is 10.6 Å². The van der Waals surface area contributed by atoms with Crippen LogP contribution in [-0.4, -0.2) is 135 Å². The van der Waals surface area contributed by atoms with Gasteiger partial charge in [-0.15, -0.1) is 0 Å². The number of nitrogens with one attached hydrogen (secondary N) is 2. The van der Waals surface area contributed by atoms with E-state index in [0.717, 1.165) is 0 Å². The van der Waals surface area contributed by atoms with Gasteiger partial charge in [-0.25, -0.2) is 8.78 Å². The fourth-order valence-electron chi connectivity index (χ4n) is 13.9. The standard InChI is InChI=1S/C65H80F2N4O9/c1-37-45(23-13-25-49(37)66)53-47(57(74)39-17-11-21-43(72)29-39)31-64(33-51(70(7)8)62(3,4)79,55(59(53)76)41-19-15-27-68-35-41)61(78)65(34-52(71(9)10)63(5,6)80)32-48(58(75)40-18-12-22-44(73)30-40)54(46-24-14-26-50(67)38(46)2)60(77)56(65)42-20-16-28-69-36-42/h11-14,17-18,21-26,29-30,41-42,51-52,68-69,72-73,76-77,79-80H,15-16,19-20,27-28,31-36H2,1-10H3/t41-,42?,51-,52?,64?,65?/m1/s1. The molecule has 2 fully saturated rings. The zero-order valence-electron chi connectivity index (χ0n) is 47.9. The van der Waals surface area contributed by atoms with Crippen molar-refractivity contribution in [3.63, 3.8) is 0 Å². The number of aliphatic hydroxyl groups excluding tert-OH is 2. The monoisotopic (exact) mass is 1100 g/mol. The first-order valence-electron chi connectivity index (χ1n) is 27.9. The molecule has 2 saturated heterocycles. The van der Waals surface area contributed by atoms with E-state index in [0.29, 0.717) is 38.8 Å². The van der Waals surface area contributed by atoms with Crippen LogP contribution in [0, 0.1) is 48.1 Å². The molecular formula is C65H80F2N4O9. The maximum Gasteiger partial charge on any atom is 0.189 e. The highest BCUT2D eigenvalue weighted by Crippen LogP contribution is 2.63. The molecule has 0 aromatic heterocycles. The second kappa shape index (κ2) is 23.3. The van der Waals surface area contributed by atoms with Gasteiger partial charge in [0.25, 0.3) is 0 Å². The van der Waals surface area contributed by atoms with Crippen LogP contribution in [-0.2, 0) is 4.79 Å². The minimum atomic E-state index is -2.06. The molecule has 4 aromatic rings. The molecule has 13 nitrogen and oxygen atoms in total. The Balaban J connectivity index is 1.61. The summed E-state index contributed by atoms with van der Waals surface area (Å²) in [6, 6.07) is 18.4. The van der Waals surface area contributed by atoms with Gasteiger partial charge in [0.2, 0.25) is 0 Å². The molecule has 0 spiro atoms. The number of aliphatic hydroxyl groups is 4. The first-order chi connectivity index (χ1) is 37.6. The van der Waals surface area contributed by atoms with Gasteiger partial charge in [-0.2, -0.15) is 0 Å². The number of nitrogens with zero attached hydrogens (tertiary/aromatic N) is 2. The van der Waals surface area contributed by atoms with Gasteiger partial charge in [0.15, 0.2) is 17.3 Å². The molecule has 4 unspecified atom stereocenters. The molecule has 0 amide bonds. The molecule has 15 heteroatoms. The highest BCUT2D eigenvalue weighted by molar-refractivity contribution is 6.19. The molecule has 80 heavy (non-hydrogen) atoms. The number of phenolic OH excluding ortho intramolecular Hbond substituents is 2. The number of hydrogen-bond donors (Lipinski definition) is 8. The number of allylic oxidation sites excluding steroid dienone is 4. The maximum atomic E-state index is 18.6. The SMILES string of the molecule is Cc1c(F)cccc1C1=C(C(=O)c2cccc(O)c2)CC(CC(N(C)C)C(C)(C)O)(C(=O)C2(C[C@@H](N(C)C)C(C)(C)O)CC(C(=O)c3cccc(O)c3)=C(c3cccc(F)c3C)C(O)=C2[C@@H]2CCCNC2)C(C2CCCNC2)=C1O. The van der Waals surface area contributed by atoms with Crippen LogP contribution in [0.3, 0.4) is 0 Å². The highest BCUT2D eigenvalue weighted by atomic mass is 19.1. The summed E-state index contributed by atoms with van der Waals surface area (Å²) in [6.07, 6.45) is 0.690. The minimum absolute atomic E-state index is 0.00274. The van der Waals surface area contributed by atoms with E-state index in [9.17, 15) is 30.6 Å². The third-order valence-corrected chi connectivity index (χ3v) is 17.7.